The van der Waals surface area contributed by atoms with Crippen LogP contribution in [-0.2, 0) is 41.9 Å². The van der Waals surface area contributed by atoms with E-state index in [0.717, 1.165) is 11.1 Å². The van der Waals surface area contributed by atoms with Gasteiger partial charge in [0, 0.05) is 52.4 Å². The molecular formula is C33H46N4O9. The molecule has 3 N–H and O–H groups in total. The lowest BCUT2D eigenvalue weighted by Gasteiger charge is -2.37. The highest BCUT2D eigenvalue weighted by Gasteiger charge is 2.30. The predicted molar refractivity (Wildman–Crippen MR) is 169 cm³/mol. The molecule has 1 fully saturated rings. The van der Waals surface area contributed by atoms with Gasteiger partial charge in [-0.25, -0.2) is 0 Å². The number of rotatable bonds is 16. The summed E-state index contributed by atoms with van der Waals surface area (Å²) < 4.78 is 11.6. The Hall–Kier alpha value is -3.72. The zero-order valence-corrected chi connectivity index (χ0v) is 26.4. The standard InChI is InChI=1S/C33H46N4O9/c1-26(38)20-34-12-16-36(29(32(41)42)24-45-22-27-8-4-2-5-9-27)18-14-35(21-31(39)40)15-19-37(17-13-34)30(33(43)44)25-46-23-28-10-6-3-7-11-28/h2-11,29-30H,12-25H2,1H3,(H,39,40)(H,41,42)(H,43,44). The van der Waals surface area contributed by atoms with Crippen LogP contribution in [0, 0.1) is 0 Å². The van der Waals surface area contributed by atoms with Crippen molar-refractivity contribution in [2.24, 2.45) is 0 Å². The van der Waals surface area contributed by atoms with Crippen LogP contribution in [0.25, 0.3) is 0 Å². The van der Waals surface area contributed by atoms with Crippen molar-refractivity contribution in [1.82, 2.24) is 19.6 Å². The molecule has 0 aromatic heterocycles. The number of hydrogen-bond acceptors (Lipinski definition) is 10. The first-order valence-corrected chi connectivity index (χ1v) is 15.5. The van der Waals surface area contributed by atoms with E-state index >= 15 is 0 Å². The Balaban J connectivity index is 1.76. The molecule has 2 unspecified atom stereocenters. The summed E-state index contributed by atoms with van der Waals surface area (Å²) in [6.07, 6.45) is 0. The topological polar surface area (TPSA) is 160 Å². The van der Waals surface area contributed by atoms with Crippen molar-refractivity contribution in [2.75, 3.05) is 78.7 Å². The third-order valence-electron chi connectivity index (χ3n) is 7.85. The zero-order valence-electron chi connectivity index (χ0n) is 26.4. The lowest BCUT2D eigenvalue weighted by atomic mass is 10.2. The van der Waals surface area contributed by atoms with E-state index in [-0.39, 0.29) is 84.6 Å². The predicted octanol–water partition coefficient (Wildman–Crippen LogP) is 1.22. The maximum absolute atomic E-state index is 12.4. The Morgan fingerprint density at radius 2 is 0.978 bits per heavy atom. The maximum atomic E-state index is 12.4. The summed E-state index contributed by atoms with van der Waals surface area (Å²) in [5.74, 6) is -3.23. The van der Waals surface area contributed by atoms with Crippen LogP contribution >= 0.6 is 0 Å². The fourth-order valence-corrected chi connectivity index (χ4v) is 5.36. The monoisotopic (exact) mass is 642 g/mol. The number of Topliss-reactive ketones (excluding diaryl/α,β-unsaturated/α-hetero) is 1. The number of benzene rings is 2. The summed E-state index contributed by atoms with van der Waals surface area (Å²) in [6, 6.07) is 16.9. The Kier molecular flexibility index (Phi) is 15.8. The van der Waals surface area contributed by atoms with Gasteiger partial charge in [0.1, 0.15) is 17.9 Å². The largest absolute Gasteiger partial charge is 0.480 e. The summed E-state index contributed by atoms with van der Waals surface area (Å²) in [4.78, 5) is 55.9. The van der Waals surface area contributed by atoms with Crippen LogP contribution in [0.2, 0.25) is 0 Å². The van der Waals surface area contributed by atoms with Gasteiger partial charge in [0.05, 0.1) is 39.5 Å². The molecule has 1 aliphatic rings. The number of hydrogen-bond donors (Lipinski definition) is 3. The van der Waals surface area contributed by atoms with E-state index in [9.17, 15) is 34.5 Å². The van der Waals surface area contributed by atoms with Crippen molar-refractivity contribution < 1.29 is 44.0 Å². The average Bonchev–Trinajstić information content (AvgIpc) is 3.01. The van der Waals surface area contributed by atoms with E-state index in [4.69, 9.17) is 9.47 Å². The molecule has 0 bridgehead atoms. The van der Waals surface area contributed by atoms with Crippen LogP contribution in [0.4, 0.5) is 0 Å². The van der Waals surface area contributed by atoms with E-state index in [1.54, 1.807) is 14.7 Å². The van der Waals surface area contributed by atoms with Gasteiger partial charge in [0.25, 0.3) is 0 Å². The molecule has 13 nitrogen and oxygen atoms in total. The fraction of sp³-hybridized carbons (Fsp3) is 0.515. The first-order chi connectivity index (χ1) is 22.1. The van der Waals surface area contributed by atoms with Crippen molar-refractivity contribution in [2.45, 2.75) is 32.2 Å². The van der Waals surface area contributed by atoms with E-state index in [2.05, 4.69) is 0 Å². The molecule has 3 rings (SSSR count). The second-order valence-corrected chi connectivity index (χ2v) is 11.4. The first-order valence-electron chi connectivity index (χ1n) is 15.5. The molecule has 2 atom stereocenters. The van der Waals surface area contributed by atoms with Crippen LogP contribution in [0.15, 0.2) is 60.7 Å². The second kappa shape index (κ2) is 19.7. The molecule has 0 radical (unpaired) electrons. The van der Waals surface area contributed by atoms with Crippen molar-refractivity contribution in [3.63, 3.8) is 0 Å². The number of carboxylic acids is 3. The number of carbonyl (C=O) groups is 4. The van der Waals surface area contributed by atoms with Crippen LogP contribution in [0.3, 0.4) is 0 Å². The lowest BCUT2D eigenvalue weighted by Crippen LogP contribution is -2.54. The summed E-state index contributed by atoms with van der Waals surface area (Å²) in [5.41, 5.74) is 1.82. The van der Waals surface area contributed by atoms with Crippen molar-refractivity contribution in [3.05, 3.63) is 71.8 Å². The average molecular weight is 643 g/mol. The Morgan fingerprint density at radius 3 is 1.30 bits per heavy atom. The summed E-state index contributed by atoms with van der Waals surface area (Å²) >= 11 is 0. The van der Waals surface area contributed by atoms with Gasteiger partial charge in [-0.3, -0.25) is 38.8 Å². The molecule has 2 aromatic carbocycles. The highest BCUT2D eigenvalue weighted by molar-refractivity contribution is 5.77. The number of carbonyl (C=O) groups excluding carboxylic acids is 1. The van der Waals surface area contributed by atoms with Crippen LogP contribution in [0.1, 0.15) is 18.1 Å². The summed E-state index contributed by atoms with van der Waals surface area (Å²) in [5, 5.41) is 29.9. The molecule has 0 spiro atoms. The minimum Gasteiger partial charge on any atom is -0.480 e. The number of aliphatic carboxylic acids is 3. The number of nitrogens with zero attached hydrogens (tertiary/aromatic N) is 4. The van der Waals surface area contributed by atoms with E-state index in [1.807, 2.05) is 65.6 Å². The second-order valence-electron chi connectivity index (χ2n) is 11.4. The van der Waals surface area contributed by atoms with Crippen molar-refractivity contribution in [1.29, 1.82) is 0 Å². The molecule has 2 aromatic rings. The van der Waals surface area contributed by atoms with Crippen LogP contribution < -0.4 is 0 Å². The van der Waals surface area contributed by atoms with Gasteiger partial charge in [-0.2, -0.15) is 0 Å². The van der Waals surface area contributed by atoms with Gasteiger partial charge in [-0.15, -0.1) is 0 Å². The molecule has 0 saturated carbocycles. The molecular weight excluding hydrogens is 596 g/mol. The van der Waals surface area contributed by atoms with Crippen LogP contribution in [0.5, 0.6) is 0 Å². The van der Waals surface area contributed by atoms with E-state index < -0.39 is 30.0 Å². The minimum absolute atomic E-state index is 0.0696. The van der Waals surface area contributed by atoms with Crippen molar-refractivity contribution >= 4 is 23.7 Å². The zero-order chi connectivity index (χ0) is 33.3. The number of carboxylic acid groups (broad SMARTS) is 3. The highest BCUT2D eigenvalue weighted by atomic mass is 16.5. The summed E-state index contributed by atoms with van der Waals surface area (Å²) in [7, 11) is 0. The van der Waals surface area contributed by atoms with Gasteiger partial charge in [0.2, 0.25) is 0 Å². The molecule has 252 valence electrons. The summed E-state index contributed by atoms with van der Waals surface area (Å²) in [6.45, 7) is 3.83. The quantitative estimate of drug-likeness (QED) is 0.240. The lowest BCUT2D eigenvalue weighted by molar-refractivity contribution is -0.147. The molecule has 46 heavy (non-hydrogen) atoms. The van der Waals surface area contributed by atoms with Gasteiger partial charge in [0.15, 0.2) is 0 Å². The van der Waals surface area contributed by atoms with Gasteiger partial charge in [-0.1, -0.05) is 60.7 Å². The normalized spacial score (nSPS) is 17.8. The SMILES string of the molecule is CC(=O)CN1CCN(C(COCc2ccccc2)C(=O)O)CCN(CC(=O)O)CCN(C(COCc2ccccc2)C(=O)O)CC1. The van der Waals surface area contributed by atoms with Crippen molar-refractivity contribution in [3.8, 4) is 0 Å². The highest BCUT2D eigenvalue weighted by Crippen LogP contribution is 2.11. The number of ether oxygens (including phenoxy) is 2. The Labute approximate surface area is 269 Å². The molecule has 0 amide bonds. The van der Waals surface area contributed by atoms with Gasteiger partial charge < -0.3 is 24.8 Å². The van der Waals surface area contributed by atoms with Gasteiger partial charge in [-0.05, 0) is 18.1 Å². The fourth-order valence-electron chi connectivity index (χ4n) is 5.36. The maximum Gasteiger partial charge on any atom is 0.323 e. The smallest absolute Gasteiger partial charge is 0.323 e. The molecule has 1 saturated heterocycles. The molecule has 13 heteroatoms. The van der Waals surface area contributed by atoms with Crippen LogP contribution in [-0.4, -0.2) is 149 Å². The third kappa shape index (κ3) is 13.3. The third-order valence-corrected chi connectivity index (χ3v) is 7.85. The van der Waals surface area contributed by atoms with E-state index in [0.29, 0.717) is 13.1 Å². The molecule has 1 aliphatic heterocycles. The molecule has 1 heterocycles. The molecule has 0 aliphatic carbocycles. The minimum atomic E-state index is -1.06. The van der Waals surface area contributed by atoms with E-state index in [1.165, 1.54) is 6.92 Å². The number of ketones is 1. The first kappa shape index (κ1) is 36.7. The van der Waals surface area contributed by atoms with Gasteiger partial charge >= 0.3 is 17.9 Å². The Morgan fingerprint density at radius 1 is 0.609 bits per heavy atom. The Bertz CT molecular complexity index is 1120.